The molecule has 2 fully saturated rings. The summed E-state index contributed by atoms with van der Waals surface area (Å²) >= 11 is 0. The van der Waals surface area contributed by atoms with Gasteiger partial charge in [-0.05, 0) is 49.4 Å². The maximum atomic E-state index is 11.0. The largest absolute Gasteiger partial charge is 0.389 e. The van der Waals surface area contributed by atoms with Crippen LogP contribution in [0.2, 0.25) is 0 Å². The molecule has 2 rings (SSSR count). The highest BCUT2D eigenvalue weighted by Gasteiger charge is 2.44. The molecule has 0 aromatic rings. The Morgan fingerprint density at radius 2 is 1.69 bits per heavy atom. The highest BCUT2D eigenvalue weighted by Crippen LogP contribution is 2.47. The van der Waals surface area contributed by atoms with Crippen molar-refractivity contribution in [2.45, 2.75) is 71.3 Å². The van der Waals surface area contributed by atoms with Crippen molar-refractivity contribution < 1.29 is 5.11 Å². The third-order valence-electron chi connectivity index (χ3n) is 5.62. The molecule has 0 saturated heterocycles. The zero-order valence-electron chi connectivity index (χ0n) is 11.2. The van der Waals surface area contributed by atoms with Crippen LogP contribution in [-0.2, 0) is 0 Å². The van der Waals surface area contributed by atoms with Crippen LogP contribution in [0.1, 0.15) is 65.7 Å². The minimum atomic E-state index is -0.327. The Hall–Kier alpha value is -0.0400. The Kier molecular flexibility index (Phi) is 3.63. The van der Waals surface area contributed by atoms with E-state index in [2.05, 4.69) is 20.8 Å². The topological polar surface area (TPSA) is 20.2 Å². The first-order valence-electron chi connectivity index (χ1n) is 7.26. The molecule has 1 nitrogen and oxygen atoms in total. The minimum Gasteiger partial charge on any atom is -0.389 e. The third kappa shape index (κ3) is 2.16. The van der Waals surface area contributed by atoms with Crippen LogP contribution in [0.3, 0.4) is 0 Å². The molecule has 2 aliphatic rings. The quantitative estimate of drug-likeness (QED) is 0.714. The van der Waals surface area contributed by atoms with Gasteiger partial charge in [-0.2, -0.15) is 0 Å². The van der Waals surface area contributed by atoms with Gasteiger partial charge < -0.3 is 5.11 Å². The van der Waals surface area contributed by atoms with Crippen LogP contribution >= 0.6 is 0 Å². The average molecular weight is 224 g/mol. The van der Waals surface area contributed by atoms with Gasteiger partial charge in [0.25, 0.3) is 0 Å². The van der Waals surface area contributed by atoms with Gasteiger partial charge >= 0.3 is 0 Å². The van der Waals surface area contributed by atoms with Gasteiger partial charge in [0.1, 0.15) is 0 Å². The van der Waals surface area contributed by atoms with Gasteiger partial charge in [0, 0.05) is 0 Å². The fourth-order valence-corrected chi connectivity index (χ4v) is 3.96. The van der Waals surface area contributed by atoms with Crippen LogP contribution in [0.4, 0.5) is 0 Å². The van der Waals surface area contributed by atoms with Crippen molar-refractivity contribution in [1.29, 1.82) is 0 Å². The molecule has 5 unspecified atom stereocenters. The Morgan fingerprint density at radius 1 is 0.938 bits per heavy atom. The van der Waals surface area contributed by atoms with E-state index in [0.717, 1.165) is 18.3 Å². The smallest absolute Gasteiger partial charge is 0.0701 e. The molecule has 0 heterocycles. The summed E-state index contributed by atoms with van der Waals surface area (Å²) in [5.41, 5.74) is -0.327. The Morgan fingerprint density at radius 3 is 2.31 bits per heavy atom. The Balaban J connectivity index is 2.05. The monoisotopic (exact) mass is 224 g/mol. The summed E-state index contributed by atoms with van der Waals surface area (Å²) in [7, 11) is 0. The van der Waals surface area contributed by atoms with Crippen molar-refractivity contribution in [1.82, 2.24) is 0 Å². The molecular weight excluding hydrogens is 196 g/mol. The number of rotatable bonds is 1. The molecule has 0 aromatic carbocycles. The van der Waals surface area contributed by atoms with E-state index in [4.69, 9.17) is 0 Å². The molecule has 2 aliphatic carbocycles. The summed E-state index contributed by atoms with van der Waals surface area (Å²) < 4.78 is 0. The van der Waals surface area contributed by atoms with Crippen LogP contribution in [0.15, 0.2) is 0 Å². The van der Waals surface area contributed by atoms with E-state index in [9.17, 15) is 5.11 Å². The van der Waals surface area contributed by atoms with Crippen molar-refractivity contribution in [3.05, 3.63) is 0 Å². The van der Waals surface area contributed by atoms with E-state index in [0.29, 0.717) is 11.8 Å². The second-order valence-electron chi connectivity index (χ2n) is 6.60. The number of aliphatic hydroxyl groups is 1. The zero-order chi connectivity index (χ0) is 11.8. The molecule has 0 radical (unpaired) electrons. The van der Waals surface area contributed by atoms with Crippen LogP contribution < -0.4 is 0 Å². The molecule has 16 heavy (non-hydrogen) atoms. The van der Waals surface area contributed by atoms with Crippen molar-refractivity contribution in [2.24, 2.45) is 23.7 Å². The lowest BCUT2D eigenvalue weighted by Crippen LogP contribution is -2.48. The fraction of sp³-hybridized carbons (Fsp3) is 1.00. The Labute approximate surface area is 101 Å². The van der Waals surface area contributed by atoms with Crippen molar-refractivity contribution in [3.63, 3.8) is 0 Å². The predicted molar refractivity (Wildman–Crippen MR) is 68.3 cm³/mol. The normalized spacial score (nSPS) is 50.2. The minimum absolute atomic E-state index is 0.327. The summed E-state index contributed by atoms with van der Waals surface area (Å²) in [4.78, 5) is 0. The first-order valence-corrected chi connectivity index (χ1v) is 7.26. The molecule has 0 aliphatic heterocycles. The van der Waals surface area contributed by atoms with Crippen molar-refractivity contribution >= 4 is 0 Å². The van der Waals surface area contributed by atoms with Gasteiger partial charge in [-0.15, -0.1) is 0 Å². The number of hydrogen-bond donors (Lipinski definition) is 1. The fourth-order valence-electron chi connectivity index (χ4n) is 3.96. The van der Waals surface area contributed by atoms with Gasteiger partial charge in [0.05, 0.1) is 5.60 Å². The lowest BCUT2D eigenvalue weighted by Gasteiger charge is -2.48. The highest BCUT2D eigenvalue weighted by molar-refractivity contribution is 4.96. The van der Waals surface area contributed by atoms with E-state index in [1.165, 1.54) is 38.5 Å². The SMILES string of the molecule is CC1CCC(C2(O)CCCCC2C)CC1C. The van der Waals surface area contributed by atoms with Gasteiger partial charge in [-0.25, -0.2) is 0 Å². The van der Waals surface area contributed by atoms with Gasteiger partial charge in [0.2, 0.25) is 0 Å². The first kappa shape index (κ1) is 12.4. The van der Waals surface area contributed by atoms with Gasteiger partial charge in [-0.3, -0.25) is 0 Å². The predicted octanol–water partition coefficient (Wildman–Crippen LogP) is 4.00. The van der Waals surface area contributed by atoms with Crippen LogP contribution in [0, 0.1) is 23.7 Å². The van der Waals surface area contributed by atoms with Crippen molar-refractivity contribution in [3.8, 4) is 0 Å². The van der Waals surface area contributed by atoms with Gasteiger partial charge in [0.15, 0.2) is 0 Å². The molecule has 0 amide bonds. The molecule has 0 aromatic heterocycles. The van der Waals surface area contributed by atoms with E-state index in [1.807, 2.05) is 0 Å². The molecule has 0 spiro atoms. The highest BCUT2D eigenvalue weighted by atomic mass is 16.3. The summed E-state index contributed by atoms with van der Waals surface area (Å²) in [5, 5.41) is 11.0. The maximum absolute atomic E-state index is 11.0. The van der Waals surface area contributed by atoms with Crippen LogP contribution in [-0.4, -0.2) is 10.7 Å². The standard InChI is InChI=1S/C15H28O/c1-11-7-8-14(10-12(11)2)15(16)9-5-4-6-13(15)3/h11-14,16H,4-10H2,1-3H3. The molecule has 1 N–H and O–H groups in total. The zero-order valence-corrected chi connectivity index (χ0v) is 11.2. The summed E-state index contributed by atoms with van der Waals surface area (Å²) in [5.74, 6) is 2.76. The average Bonchev–Trinajstić information content (AvgIpc) is 2.26. The van der Waals surface area contributed by atoms with E-state index < -0.39 is 0 Å². The summed E-state index contributed by atoms with van der Waals surface area (Å²) in [6.07, 6.45) is 8.68. The van der Waals surface area contributed by atoms with E-state index in [-0.39, 0.29) is 5.60 Å². The first-order chi connectivity index (χ1) is 7.54. The van der Waals surface area contributed by atoms with Crippen LogP contribution in [0.25, 0.3) is 0 Å². The lowest BCUT2D eigenvalue weighted by molar-refractivity contribution is -0.108. The molecule has 1 heteroatoms. The van der Waals surface area contributed by atoms with E-state index in [1.54, 1.807) is 0 Å². The lowest BCUT2D eigenvalue weighted by atomic mass is 9.62. The molecule has 5 atom stereocenters. The van der Waals surface area contributed by atoms with Crippen LogP contribution in [0.5, 0.6) is 0 Å². The Bertz CT molecular complexity index is 238. The third-order valence-corrected chi connectivity index (χ3v) is 5.62. The van der Waals surface area contributed by atoms with Gasteiger partial charge in [-0.1, -0.05) is 40.0 Å². The maximum Gasteiger partial charge on any atom is 0.0701 e. The molecule has 2 saturated carbocycles. The van der Waals surface area contributed by atoms with Crippen molar-refractivity contribution in [2.75, 3.05) is 0 Å². The second kappa shape index (κ2) is 4.68. The van der Waals surface area contributed by atoms with E-state index >= 15 is 0 Å². The molecule has 94 valence electrons. The summed E-state index contributed by atoms with van der Waals surface area (Å²) in [6, 6.07) is 0. The second-order valence-corrected chi connectivity index (χ2v) is 6.60. The summed E-state index contributed by atoms with van der Waals surface area (Å²) in [6.45, 7) is 7.00. The number of hydrogen-bond acceptors (Lipinski definition) is 1. The molecule has 0 bridgehead atoms. The molecular formula is C15H28O.